The molecule has 42 heavy (non-hydrogen) atoms. The van der Waals surface area contributed by atoms with Crippen molar-refractivity contribution in [2.45, 2.75) is 163 Å². The molecule has 0 saturated carbocycles. The lowest BCUT2D eigenvalue weighted by atomic mass is 9.66. The van der Waals surface area contributed by atoms with Crippen molar-refractivity contribution in [2.24, 2.45) is 22.2 Å². The van der Waals surface area contributed by atoms with Crippen molar-refractivity contribution in [2.75, 3.05) is 0 Å². The molecule has 3 rings (SSSR count). The highest BCUT2D eigenvalue weighted by atomic mass is 14.4. The summed E-state index contributed by atoms with van der Waals surface area (Å²) in [7, 11) is 0. The Morgan fingerprint density at radius 2 is 1.19 bits per heavy atom. The first-order valence-electron chi connectivity index (χ1n) is 17.3. The van der Waals surface area contributed by atoms with Gasteiger partial charge in [-0.3, -0.25) is 0 Å². The van der Waals surface area contributed by atoms with Gasteiger partial charge in [-0.15, -0.1) is 0 Å². The SMILES string of the molecule is CC.CC.CC1=C(C)C(C)c2ccccc21.CCCC(C)C(C)(C)C.CCc1ccc(CCC(C)(C)C(C)(C)C)cc1. The molecule has 2 unspecified atom stereocenters. The summed E-state index contributed by atoms with van der Waals surface area (Å²) in [6, 6.07) is 17.8. The smallest absolute Gasteiger partial charge is 0.00290 e. The normalized spacial score (nSPS) is 15.0. The second-order valence-corrected chi connectivity index (χ2v) is 14.5. The number of rotatable bonds is 6. The van der Waals surface area contributed by atoms with E-state index in [-0.39, 0.29) is 0 Å². The fourth-order valence-electron chi connectivity index (χ4n) is 4.63. The van der Waals surface area contributed by atoms with Crippen molar-refractivity contribution >= 4 is 5.57 Å². The van der Waals surface area contributed by atoms with Gasteiger partial charge >= 0.3 is 0 Å². The predicted octanol–water partition coefficient (Wildman–Crippen LogP) is 14.4. The first kappa shape index (κ1) is 42.3. The number of benzene rings is 2. The Hall–Kier alpha value is -1.82. The molecule has 1 aliphatic rings. The van der Waals surface area contributed by atoms with Crippen LogP contribution in [-0.4, -0.2) is 0 Å². The maximum absolute atomic E-state index is 2.38. The molecule has 0 amide bonds. The van der Waals surface area contributed by atoms with Gasteiger partial charge in [0, 0.05) is 5.92 Å². The number of fused-ring (bicyclic) bond motifs is 1. The molecule has 2 atom stereocenters. The number of hydrogen-bond donors (Lipinski definition) is 0. The third kappa shape index (κ3) is 14.1. The summed E-state index contributed by atoms with van der Waals surface area (Å²) in [5, 5.41) is 0. The minimum absolute atomic E-state index is 0.371. The van der Waals surface area contributed by atoms with Gasteiger partial charge < -0.3 is 0 Å². The minimum atomic E-state index is 0.371. The van der Waals surface area contributed by atoms with Crippen LogP contribution in [0.1, 0.15) is 172 Å². The summed E-state index contributed by atoms with van der Waals surface area (Å²) in [6.45, 7) is 40.3. The average Bonchev–Trinajstić information content (AvgIpc) is 3.18. The van der Waals surface area contributed by atoms with Crippen LogP contribution < -0.4 is 0 Å². The van der Waals surface area contributed by atoms with E-state index in [1.165, 1.54) is 59.1 Å². The quantitative estimate of drug-likeness (QED) is 0.320. The van der Waals surface area contributed by atoms with Gasteiger partial charge in [-0.05, 0) is 83.1 Å². The molecule has 0 heteroatoms. The van der Waals surface area contributed by atoms with Crippen molar-refractivity contribution in [3.05, 3.63) is 76.4 Å². The molecule has 0 nitrogen and oxygen atoms in total. The average molecular weight is 579 g/mol. The lowest BCUT2D eigenvalue weighted by Gasteiger charge is -2.39. The van der Waals surface area contributed by atoms with Crippen molar-refractivity contribution < 1.29 is 0 Å². The molecule has 0 spiro atoms. The first-order chi connectivity index (χ1) is 19.5. The lowest BCUT2D eigenvalue weighted by Crippen LogP contribution is -2.30. The standard InChI is InChI=1S/C17H28.C12H14.C9H20.2C2H6/c1-7-14-8-10-15(11-9-14)12-13-17(5,6)16(2,3)4;1-8-9(2)11-6-4-5-7-12(11)10(8)3;1-6-7-8(2)9(3,4)5;2*1-2/h8-11H,7,12-13H2,1-6H3;4-7,9H,1-3H3;8H,6-7H2,1-5H3;2*1-2H3. The van der Waals surface area contributed by atoms with E-state index in [4.69, 9.17) is 0 Å². The van der Waals surface area contributed by atoms with Crippen LogP contribution in [0, 0.1) is 22.2 Å². The van der Waals surface area contributed by atoms with Crippen LogP contribution >= 0.6 is 0 Å². The van der Waals surface area contributed by atoms with Crippen molar-refractivity contribution in [3.63, 3.8) is 0 Å². The molecule has 0 fully saturated rings. The van der Waals surface area contributed by atoms with Crippen molar-refractivity contribution in [1.29, 1.82) is 0 Å². The van der Waals surface area contributed by atoms with E-state index >= 15 is 0 Å². The van der Waals surface area contributed by atoms with Crippen LogP contribution in [0.25, 0.3) is 5.57 Å². The van der Waals surface area contributed by atoms with Crippen LogP contribution in [0.5, 0.6) is 0 Å². The van der Waals surface area contributed by atoms with Gasteiger partial charge in [-0.2, -0.15) is 0 Å². The Kier molecular flexibility index (Phi) is 20.3. The van der Waals surface area contributed by atoms with E-state index in [2.05, 4.69) is 145 Å². The Labute approximate surface area is 266 Å². The summed E-state index contributed by atoms with van der Waals surface area (Å²) < 4.78 is 0. The molecular formula is C42H74. The van der Waals surface area contributed by atoms with E-state index in [1.54, 1.807) is 0 Å². The Balaban J connectivity index is 0. The second kappa shape index (κ2) is 20.2. The minimum Gasteiger partial charge on any atom is -0.0683 e. The van der Waals surface area contributed by atoms with Crippen molar-refractivity contribution in [1.82, 2.24) is 0 Å². The lowest BCUT2D eigenvalue weighted by molar-refractivity contribution is 0.120. The molecular weight excluding hydrogens is 504 g/mol. The van der Waals surface area contributed by atoms with Gasteiger partial charge in [0.25, 0.3) is 0 Å². The molecule has 242 valence electrons. The first-order valence-corrected chi connectivity index (χ1v) is 17.3. The summed E-state index contributed by atoms with van der Waals surface area (Å²) in [5.74, 6) is 1.49. The van der Waals surface area contributed by atoms with Crippen LogP contribution in [0.4, 0.5) is 0 Å². The fraction of sp³-hybridized carbons (Fsp3) is 0.667. The highest BCUT2D eigenvalue weighted by molar-refractivity contribution is 5.76. The van der Waals surface area contributed by atoms with E-state index in [0.29, 0.717) is 22.2 Å². The van der Waals surface area contributed by atoms with E-state index < -0.39 is 0 Å². The number of hydrogen-bond acceptors (Lipinski definition) is 0. The topological polar surface area (TPSA) is 0 Å². The summed E-state index contributed by atoms with van der Waals surface area (Å²) in [5.41, 5.74) is 10.1. The third-order valence-corrected chi connectivity index (χ3v) is 9.77. The zero-order valence-corrected chi connectivity index (χ0v) is 31.8. The molecule has 0 saturated heterocycles. The molecule has 0 aromatic heterocycles. The van der Waals surface area contributed by atoms with Gasteiger partial charge in [-0.1, -0.05) is 178 Å². The Morgan fingerprint density at radius 3 is 1.57 bits per heavy atom. The molecule has 0 radical (unpaired) electrons. The summed E-state index contributed by atoms with van der Waals surface area (Å²) in [4.78, 5) is 0. The molecule has 0 aliphatic heterocycles. The molecule has 0 N–H and O–H groups in total. The van der Waals surface area contributed by atoms with E-state index in [1.807, 2.05) is 27.7 Å². The molecule has 0 heterocycles. The van der Waals surface area contributed by atoms with Crippen LogP contribution in [0.3, 0.4) is 0 Å². The van der Waals surface area contributed by atoms with Gasteiger partial charge in [0.2, 0.25) is 0 Å². The summed E-state index contributed by atoms with van der Waals surface area (Å²) in [6.07, 6.45) is 6.26. The molecule has 2 aromatic carbocycles. The van der Waals surface area contributed by atoms with Gasteiger partial charge in [0.1, 0.15) is 0 Å². The van der Waals surface area contributed by atoms with Crippen LogP contribution in [0.15, 0.2) is 54.1 Å². The summed E-state index contributed by atoms with van der Waals surface area (Å²) >= 11 is 0. The van der Waals surface area contributed by atoms with Gasteiger partial charge in [0.15, 0.2) is 0 Å². The largest absolute Gasteiger partial charge is 0.0683 e. The second-order valence-electron chi connectivity index (χ2n) is 14.5. The number of allylic oxidation sites excluding steroid dienone is 2. The monoisotopic (exact) mass is 579 g/mol. The molecule has 1 aliphatic carbocycles. The van der Waals surface area contributed by atoms with Crippen LogP contribution in [-0.2, 0) is 12.8 Å². The highest BCUT2D eigenvalue weighted by Crippen LogP contribution is 2.42. The highest BCUT2D eigenvalue weighted by Gasteiger charge is 2.32. The van der Waals surface area contributed by atoms with Gasteiger partial charge in [0.05, 0.1) is 0 Å². The third-order valence-electron chi connectivity index (χ3n) is 9.77. The molecule has 2 aromatic rings. The zero-order chi connectivity index (χ0) is 33.3. The van der Waals surface area contributed by atoms with Gasteiger partial charge in [-0.25, -0.2) is 0 Å². The predicted molar refractivity (Wildman–Crippen MR) is 197 cm³/mol. The Bertz CT molecular complexity index is 986. The van der Waals surface area contributed by atoms with E-state index in [0.717, 1.165) is 12.3 Å². The zero-order valence-electron chi connectivity index (χ0n) is 31.8. The maximum atomic E-state index is 2.38. The van der Waals surface area contributed by atoms with Crippen molar-refractivity contribution in [3.8, 4) is 0 Å². The van der Waals surface area contributed by atoms with Crippen LogP contribution in [0.2, 0.25) is 0 Å². The number of aryl methyl sites for hydroxylation is 2. The maximum Gasteiger partial charge on any atom is 0.00290 e. The Morgan fingerprint density at radius 1 is 0.714 bits per heavy atom. The van der Waals surface area contributed by atoms with E-state index in [9.17, 15) is 0 Å². The fourth-order valence-corrected chi connectivity index (χ4v) is 4.63. The molecule has 0 bridgehead atoms.